The summed E-state index contributed by atoms with van der Waals surface area (Å²) in [7, 11) is 0. The van der Waals surface area contributed by atoms with Crippen molar-refractivity contribution in [2.75, 3.05) is 13.1 Å². The quantitative estimate of drug-likeness (QED) is 0.908. The highest BCUT2D eigenvalue weighted by molar-refractivity contribution is 5.39. The van der Waals surface area contributed by atoms with E-state index in [0.717, 1.165) is 31.0 Å². The second-order valence-corrected chi connectivity index (χ2v) is 5.76. The Morgan fingerprint density at radius 1 is 1.40 bits per heavy atom. The minimum absolute atomic E-state index is 0.634. The molecule has 0 saturated heterocycles. The van der Waals surface area contributed by atoms with Gasteiger partial charge in [0.1, 0.15) is 5.65 Å². The van der Waals surface area contributed by atoms with E-state index in [9.17, 15) is 0 Å². The molecule has 3 rings (SSSR count). The SMILES string of the molecule is CCN(Cc1cn2ccccc2n1)C1CCCC1CN. The standard InChI is InChI=1S/C16H24N4/c1-2-19(15-7-5-6-13(15)10-17)11-14-12-20-9-4-3-8-16(20)18-14/h3-4,8-9,12-13,15H,2,5-7,10-11,17H2,1H3. The fourth-order valence-electron chi connectivity index (χ4n) is 3.51. The van der Waals surface area contributed by atoms with Crippen molar-refractivity contribution in [2.45, 2.75) is 38.8 Å². The Morgan fingerprint density at radius 3 is 3.05 bits per heavy atom. The van der Waals surface area contributed by atoms with Crippen LogP contribution in [0.4, 0.5) is 0 Å². The smallest absolute Gasteiger partial charge is 0.137 e. The molecule has 108 valence electrons. The molecule has 1 aliphatic carbocycles. The summed E-state index contributed by atoms with van der Waals surface area (Å²) in [6, 6.07) is 6.76. The van der Waals surface area contributed by atoms with Crippen LogP contribution < -0.4 is 5.73 Å². The monoisotopic (exact) mass is 272 g/mol. The average Bonchev–Trinajstić information content (AvgIpc) is 3.10. The Kier molecular flexibility index (Phi) is 4.03. The zero-order valence-electron chi connectivity index (χ0n) is 12.2. The lowest BCUT2D eigenvalue weighted by Gasteiger charge is -2.31. The molecule has 0 radical (unpaired) electrons. The van der Waals surface area contributed by atoms with E-state index in [1.165, 1.54) is 19.3 Å². The Hall–Kier alpha value is -1.39. The highest BCUT2D eigenvalue weighted by Gasteiger charge is 2.30. The zero-order valence-corrected chi connectivity index (χ0v) is 12.2. The van der Waals surface area contributed by atoms with Crippen molar-refractivity contribution < 1.29 is 0 Å². The van der Waals surface area contributed by atoms with Crippen LogP contribution in [-0.2, 0) is 6.54 Å². The molecule has 1 aliphatic rings. The van der Waals surface area contributed by atoms with Gasteiger partial charge in [0, 0.05) is 25.0 Å². The third kappa shape index (κ3) is 2.58. The molecule has 2 heterocycles. The van der Waals surface area contributed by atoms with Crippen molar-refractivity contribution in [3.63, 3.8) is 0 Å². The number of nitrogens with two attached hydrogens (primary N) is 1. The Labute approximate surface area is 120 Å². The number of pyridine rings is 1. The maximum Gasteiger partial charge on any atom is 0.137 e. The van der Waals surface area contributed by atoms with E-state index < -0.39 is 0 Å². The first kappa shape index (κ1) is 13.6. The summed E-state index contributed by atoms with van der Waals surface area (Å²) in [5.41, 5.74) is 8.11. The molecular weight excluding hydrogens is 248 g/mol. The summed E-state index contributed by atoms with van der Waals surface area (Å²) in [6.07, 6.45) is 8.07. The molecule has 2 N–H and O–H groups in total. The van der Waals surface area contributed by atoms with Gasteiger partial charge in [-0.3, -0.25) is 4.90 Å². The minimum Gasteiger partial charge on any atom is -0.330 e. The molecule has 2 aromatic rings. The minimum atomic E-state index is 0.634. The molecule has 0 bridgehead atoms. The maximum atomic E-state index is 5.92. The van der Waals surface area contributed by atoms with Gasteiger partial charge in [0.15, 0.2) is 0 Å². The van der Waals surface area contributed by atoms with Gasteiger partial charge in [-0.1, -0.05) is 19.4 Å². The number of aromatic nitrogens is 2. The van der Waals surface area contributed by atoms with Gasteiger partial charge in [0.25, 0.3) is 0 Å². The molecule has 1 fully saturated rings. The zero-order chi connectivity index (χ0) is 13.9. The molecule has 1 saturated carbocycles. The fourth-order valence-corrected chi connectivity index (χ4v) is 3.51. The second-order valence-electron chi connectivity index (χ2n) is 5.76. The molecule has 0 aromatic carbocycles. The van der Waals surface area contributed by atoms with E-state index in [4.69, 9.17) is 10.7 Å². The molecule has 20 heavy (non-hydrogen) atoms. The van der Waals surface area contributed by atoms with Crippen molar-refractivity contribution in [1.29, 1.82) is 0 Å². The Balaban J connectivity index is 1.77. The lowest BCUT2D eigenvalue weighted by molar-refractivity contribution is 0.160. The van der Waals surface area contributed by atoms with Crippen LogP contribution in [0.5, 0.6) is 0 Å². The third-order valence-corrected chi connectivity index (χ3v) is 4.58. The summed E-state index contributed by atoms with van der Waals surface area (Å²) in [5, 5.41) is 0. The van der Waals surface area contributed by atoms with Crippen LogP contribution in [-0.4, -0.2) is 33.4 Å². The van der Waals surface area contributed by atoms with Crippen molar-refractivity contribution in [2.24, 2.45) is 11.7 Å². The lowest BCUT2D eigenvalue weighted by atomic mass is 10.0. The molecule has 0 aliphatic heterocycles. The second kappa shape index (κ2) is 5.94. The number of rotatable bonds is 5. The van der Waals surface area contributed by atoms with E-state index in [-0.39, 0.29) is 0 Å². The number of imidazole rings is 1. The van der Waals surface area contributed by atoms with Crippen LogP contribution in [0.15, 0.2) is 30.6 Å². The molecule has 4 nitrogen and oxygen atoms in total. The van der Waals surface area contributed by atoms with E-state index in [0.29, 0.717) is 12.0 Å². The average molecular weight is 272 g/mol. The van der Waals surface area contributed by atoms with Gasteiger partial charge in [-0.25, -0.2) is 4.98 Å². The molecule has 2 aromatic heterocycles. The van der Waals surface area contributed by atoms with Gasteiger partial charge in [0.2, 0.25) is 0 Å². The third-order valence-electron chi connectivity index (χ3n) is 4.58. The van der Waals surface area contributed by atoms with Crippen molar-refractivity contribution in [3.05, 3.63) is 36.3 Å². The first-order chi connectivity index (χ1) is 9.81. The van der Waals surface area contributed by atoms with E-state index in [1.54, 1.807) is 0 Å². The van der Waals surface area contributed by atoms with Crippen LogP contribution in [0.2, 0.25) is 0 Å². The molecule has 0 spiro atoms. The van der Waals surface area contributed by atoms with E-state index >= 15 is 0 Å². The van der Waals surface area contributed by atoms with E-state index in [2.05, 4.69) is 34.7 Å². The molecule has 2 unspecified atom stereocenters. The van der Waals surface area contributed by atoms with Gasteiger partial charge in [-0.15, -0.1) is 0 Å². The van der Waals surface area contributed by atoms with Crippen LogP contribution >= 0.6 is 0 Å². The van der Waals surface area contributed by atoms with E-state index in [1.807, 2.05) is 12.1 Å². The van der Waals surface area contributed by atoms with Crippen LogP contribution in [0.1, 0.15) is 31.9 Å². The maximum absolute atomic E-state index is 5.92. The van der Waals surface area contributed by atoms with Gasteiger partial charge in [-0.05, 0) is 44.0 Å². The molecule has 4 heteroatoms. The highest BCUT2D eigenvalue weighted by Crippen LogP contribution is 2.30. The predicted molar refractivity (Wildman–Crippen MR) is 81.5 cm³/mol. The molecular formula is C16H24N4. The topological polar surface area (TPSA) is 46.6 Å². The number of hydrogen-bond donors (Lipinski definition) is 1. The number of fused-ring (bicyclic) bond motifs is 1. The van der Waals surface area contributed by atoms with Gasteiger partial charge >= 0.3 is 0 Å². The van der Waals surface area contributed by atoms with Crippen LogP contribution in [0.25, 0.3) is 5.65 Å². The molecule has 0 amide bonds. The molecule has 2 atom stereocenters. The van der Waals surface area contributed by atoms with Gasteiger partial charge in [-0.2, -0.15) is 0 Å². The normalized spacial score (nSPS) is 22.9. The van der Waals surface area contributed by atoms with Gasteiger partial charge < -0.3 is 10.1 Å². The fraction of sp³-hybridized carbons (Fsp3) is 0.562. The first-order valence-corrected chi connectivity index (χ1v) is 7.68. The summed E-state index contributed by atoms with van der Waals surface area (Å²) in [6.45, 7) is 5.04. The predicted octanol–water partition coefficient (Wildman–Crippen LogP) is 2.28. The Morgan fingerprint density at radius 2 is 2.30 bits per heavy atom. The summed E-state index contributed by atoms with van der Waals surface area (Å²) >= 11 is 0. The van der Waals surface area contributed by atoms with Crippen LogP contribution in [0.3, 0.4) is 0 Å². The van der Waals surface area contributed by atoms with Crippen molar-refractivity contribution in [3.8, 4) is 0 Å². The summed E-state index contributed by atoms with van der Waals surface area (Å²) in [4.78, 5) is 7.26. The van der Waals surface area contributed by atoms with Crippen LogP contribution in [0, 0.1) is 5.92 Å². The number of nitrogens with zero attached hydrogens (tertiary/aromatic N) is 3. The summed E-state index contributed by atoms with van der Waals surface area (Å²) in [5.74, 6) is 0.659. The summed E-state index contributed by atoms with van der Waals surface area (Å²) < 4.78 is 2.10. The van der Waals surface area contributed by atoms with Gasteiger partial charge in [0.05, 0.1) is 5.69 Å². The van der Waals surface area contributed by atoms with Crippen molar-refractivity contribution >= 4 is 5.65 Å². The first-order valence-electron chi connectivity index (χ1n) is 7.68. The lowest BCUT2D eigenvalue weighted by Crippen LogP contribution is -2.39. The largest absolute Gasteiger partial charge is 0.330 e. The Bertz CT molecular complexity index is 529. The highest BCUT2D eigenvalue weighted by atomic mass is 15.2. The van der Waals surface area contributed by atoms with Crippen molar-refractivity contribution in [1.82, 2.24) is 14.3 Å². The number of hydrogen-bond acceptors (Lipinski definition) is 3.